The first-order valence-electron chi connectivity index (χ1n) is 6.81. The van der Waals surface area contributed by atoms with Crippen LogP contribution in [-0.4, -0.2) is 13.1 Å². The van der Waals surface area contributed by atoms with Crippen LogP contribution in [0.4, 0.5) is 27.1 Å². The molecule has 20 heavy (non-hydrogen) atoms. The molecule has 4 heteroatoms. The molecule has 0 heterocycles. The monoisotopic (exact) mass is 273 g/mol. The maximum Gasteiger partial charge on any atom is 0.148 e. The Balaban J connectivity index is 2.17. The van der Waals surface area contributed by atoms with Crippen LogP contribution in [0.3, 0.4) is 0 Å². The number of hydrogen-bond acceptors (Lipinski definition) is 3. The topological polar surface area (TPSA) is 41.3 Å². The summed E-state index contributed by atoms with van der Waals surface area (Å²) in [5, 5.41) is 3.13. The summed E-state index contributed by atoms with van der Waals surface area (Å²) in [6, 6.07) is 12.8. The molecular weight excluding hydrogens is 253 g/mol. The Morgan fingerprint density at radius 2 is 1.70 bits per heavy atom. The number of nitrogens with one attached hydrogen (secondary N) is 1. The molecule has 0 atom stereocenters. The van der Waals surface area contributed by atoms with Crippen molar-refractivity contribution in [2.45, 2.75) is 13.8 Å². The zero-order chi connectivity index (χ0) is 14.5. The van der Waals surface area contributed by atoms with Crippen molar-refractivity contribution in [2.24, 2.45) is 0 Å². The third-order valence-corrected chi connectivity index (χ3v) is 3.33. The summed E-state index contributed by atoms with van der Waals surface area (Å²) in [6.45, 7) is 6.20. The second-order valence-electron chi connectivity index (χ2n) is 4.55. The second-order valence-corrected chi connectivity index (χ2v) is 4.55. The number of nitrogens with zero attached hydrogens (tertiary/aromatic N) is 1. The maximum atomic E-state index is 13.4. The Labute approximate surface area is 119 Å². The molecule has 0 spiro atoms. The van der Waals surface area contributed by atoms with Crippen LogP contribution >= 0.6 is 0 Å². The highest BCUT2D eigenvalue weighted by Crippen LogP contribution is 2.26. The van der Waals surface area contributed by atoms with Gasteiger partial charge in [0.25, 0.3) is 0 Å². The Kier molecular flexibility index (Phi) is 4.45. The van der Waals surface area contributed by atoms with Crippen molar-refractivity contribution in [3.05, 3.63) is 48.3 Å². The summed E-state index contributed by atoms with van der Waals surface area (Å²) in [5.74, 6) is -0.408. The summed E-state index contributed by atoms with van der Waals surface area (Å²) in [6.07, 6.45) is 0. The van der Waals surface area contributed by atoms with E-state index in [1.807, 2.05) is 24.3 Å². The summed E-state index contributed by atoms with van der Waals surface area (Å²) in [7, 11) is 0. The van der Waals surface area contributed by atoms with Gasteiger partial charge in [0.15, 0.2) is 0 Å². The van der Waals surface area contributed by atoms with E-state index in [1.54, 1.807) is 12.1 Å². The van der Waals surface area contributed by atoms with Gasteiger partial charge in [-0.25, -0.2) is 4.39 Å². The first kappa shape index (κ1) is 14.2. The zero-order valence-corrected chi connectivity index (χ0v) is 11.9. The highest BCUT2D eigenvalue weighted by molar-refractivity contribution is 5.73. The lowest BCUT2D eigenvalue weighted by atomic mass is 10.2. The molecule has 3 N–H and O–H groups in total. The van der Waals surface area contributed by atoms with E-state index in [0.29, 0.717) is 5.69 Å². The maximum absolute atomic E-state index is 13.4. The number of benzene rings is 2. The predicted octanol–water partition coefficient (Wildman–Crippen LogP) is 4.00. The van der Waals surface area contributed by atoms with Crippen molar-refractivity contribution in [1.29, 1.82) is 0 Å². The minimum Gasteiger partial charge on any atom is -0.395 e. The fourth-order valence-corrected chi connectivity index (χ4v) is 2.15. The molecule has 0 bridgehead atoms. The molecule has 0 aromatic heterocycles. The first-order chi connectivity index (χ1) is 9.65. The van der Waals surface area contributed by atoms with Gasteiger partial charge < -0.3 is 16.0 Å². The van der Waals surface area contributed by atoms with Gasteiger partial charge in [-0.1, -0.05) is 6.07 Å². The molecule has 0 radical (unpaired) electrons. The van der Waals surface area contributed by atoms with Gasteiger partial charge >= 0.3 is 0 Å². The van der Waals surface area contributed by atoms with E-state index >= 15 is 0 Å². The van der Waals surface area contributed by atoms with Gasteiger partial charge in [0.1, 0.15) is 5.82 Å². The van der Waals surface area contributed by atoms with E-state index < -0.39 is 5.82 Å². The molecule has 0 saturated carbocycles. The van der Waals surface area contributed by atoms with Crippen molar-refractivity contribution in [2.75, 3.05) is 29.0 Å². The number of anilines is 4. The van der Waals surface area contributed by atoms with Crippen molar-refractivity contribution in [3.63, 3.8) is 0 Å². The molecule has 2 aromatic rings. The molecule has 2 aromatic carbocycles. The normalized spacial score (nSPS) is 10.3. The van der Waals surface area contributed by atoms with Gasteiger partial charge in [0, 0.05) is 24.5 Å². The standard InChI is InChI=1S/C16H20FN3/c1-3-20(4-2)13-10-8-12(9-11-13)19-15-7-5-6-14(17)16(15)18/h5-11,19H,3-4,18H2,1-2H3. The Morgan fingerprint density at radius 1 is 1.05 bits per heavy atom. The molecule has 0 amide bonds. The number of halogens is 1. The fraction of sp³-hybridized carbons (Fsp3) is 0.250. The van der Waals surface area contributed by atoms with Gasteiger partial charge in [0.05, 0.1) is 11.4 Å². The van der Waals surface area contributed by atoms with Gasteiger partial charge in [0.2, 0.25) is 0 Å². The van der Waals surface area contributed by atoms with Gasteiger partial charge in [-0.3, -0.25) is 0 Å². The highest BCUT2D eigenvalue weighted by atomic mass is 19.1. The lowest BCUT2D eigenvalue weighted by Gasteiger charge is -2.21. The Hall–Kier alpha value is -2.23. The van der Waals surface area contributed by atoms with Crippen molar-refractivity contribution in [3.8, 4) is 0 Å². The van der Waals surface area contributed by atoms with E-state index in [9.17, 15) is 4.39 Å². The van der Waals surface area contributed by atoms with Crippen LogP contribution in [0.2, 0.25) is 0 Å². The number of nitrogen functional groups attached to an aromatic ring is 1. The minimum atomic E-state index is -0.408. The number of nitrogens with two attached hydrogens (primary N) is 1. The lowest BCUT2D eigenvalue weighted by Crippen LogP contribution is -2.21. The molecule has 0 aliphatic heterocycles. The van der Waals surface area contributed by atoms with Crippen LogP contribution in [-0.2, 0) is 0 Å². The average Bonchev–Trinajstić information content (AvgIpc) is 2.47. The number of hydrogen-bond donors (Lipinski definition) is 2. The zero-order valence-electron chi connectivity index (χ0n) is 11.9. The van der Waals surface area contributed by atoms with Crippen LogP contribution < -0.4 is 16.0 Å². The molecular formula is C16H20FN3. The molecule has 0 aliphatic carbocycles. The van der Waals surface area contributed by atoms with Crippen LogP contribution in [0.25, 0.3) is 0 Å². The van der Waals surface area contributed by atoms with Crippen LogP contribution in [0.15, 0.2) is 42.5 Å². The third kappa shape index (κ3) is 3.02. The SMILES string of the molecule is CCN(CC)c1ccc(Nc2cccc(F)c2N)cc1. The van der Waals surface area contributed by atoms with Gasteiger partial charge in [-0.2, -0.15) is 0 Å². The van der Waals surface area contributed by atoms with E-state index in [2.05, 4.69) is 24.1 Å². The smallest absolute Gasteiger partial charge is 0.148 e. The predicted molar refractivity (Wildman–Crippen MR) is 84.1 cm³/mol. The van der Waals surface area contributed by atoms with E-state index in [4.69, 9.17) is 5.73 Å². The molecule has 0 saturated heterocycles. The van der Waals surface area contributed by atoms with Gasteiger partial charge in [-0.05, 0) is 50.2 Å². The Bertz CT molecular complexity index is 562. The summed E-state index contributed by atoms with van der Waals surface area (Å²) in [4.78, 5) is 2.26. The van der Waals surface area contributed by atoms with E-state index in [-0.39, 0.29) is 5.69 Å². The molecule has 3 nitrogen and oxygen atoms in total. The van der Waals surface area contributed by atoms with Crippen LogP contribution in [0, 0.1) is 5.82 Å². The summed E-state index contributed by atoms with van der Waals surface area (Å²) in [5.41, 5.74) is 8.49. The third-order valence-electron chi connectivity index (χ3n) is 3.33. The largest absolute Gasteiger partial charge is 0.395 e. The number of rotatable bonds is 5. The van der Waals surface area contributed by atoms with Crippen molar-refractivity contribution in [1.82, 2.24) is 0 Å². The highest BCUT2D eigenvalue weighted by Gasteiger charge is 2.05. The molecule has 0 aliphatic rings. The van der Waals surface area contributed by atoms with Crippen LogP contribution in [0.5, 0.6) is 0 Å². The Morgan fingerprint density at radius 3 is 2.30 bits per heavy atom. The minimum absolute atomic E-state index is 0.139. The molecule has 2 rings (SSSR count). The van der Waals surface area contributed by atoms with Crippen LogP contribution in [0.1, 0.15) is 13.8 Å². The van der Waals surface area contributed by atoms with Crippen molar-refractivity contribution < 1.29 is 4.39 Å². The first-order valence-corrected chi connectivity index (χ1v) is 6.81. The summed E-state index contributed by atoms with van der Waals surface area (Å²) < 4.78 is 13.4. The van der Waals surface area contributed by atoms with Gasteiger partial charge in [-0.15, -0.1) is 0 Å². The van der Waals surface area contributed by atoms with E-state index in [1.165, 1.54) is 11.8 Å². The molecule has 0 fully saturated rings. The lowest BCUT2D eigenvalue weighted by molar-refractivity contribution is 0.633. The summed E-state index contributed by atoms with van der Waals surface area (Å²) >= 11 is 0. The average molecular weight is 273 g/mol. The second kappa shape index (κ2) is 6.28. The van der Waals surface area contributed by atoms with E-state index in [0.717, 1.165) is 18.8 Å². The van der Waals surface area contributed by atoms with Crippen molar-refractivity contribution >= 4 is 22.7 Å². The number of para-hydroxylation sites is 1. The fourth-order valence-electron chi connectivity index (χ4n) is 2.15. The molecule has 0 unspecified atom stereocenters. The quantitative estimate of drug-likeness (QED) is 0.809. The molecule has 106 valence electrons.